The van der Waals surface area contributed by atoms with Crippen molar-refractivity contribution < 1.29 is 9.53 Å². The molecule has 2 N–H and O–H groups in total. The van der Waals surface area contributed by atoms with Gasteiger partial charge in [-0.2, -0.15) is 0 Å². The van der Waals surface area contributed by atoms with Crippen LogP contribution in [0.25, 0.3) is 0 Å². The monoisotopic (exact) mass is 268 g/mol. The minimum absolute atomic E-state index is 0.147. The van der Waals surface area contributed by atoms with E-state index in [0.717, 1.165) is 32.5 Å². The molecule has 1 aliphatic heterocycles. The molecule has 2 fully saturated rings. The van der Waals surface area contributed by atoms with Gasteiger partial charge in [0.1, 0.15) is 0 Å². The lowest BCUT2D eigenvalue weighted by Crippen LogP contribution is -2.42. The van der Waals surface area contributed by atoms with Gasteiger partial charge in [0.2, 0.25) is 5.91 Å². The molecule has 0 aromatic carbocycles. The second kappa shape index (κ2) is 7.25. The lowest BCUT2D eigenvalue weighted by Gasteiger charge is -2.41. The van der Waals surface area contributed by atoms with Gasteiger partial charge in [0.15, 0.2) is 0 Å². The van der Waals surface area contributed by atoms with E-state index in [-0.39, 0.29) is 5.91 Å². The number of carbonyl (C=O) groups excluding carboxylic acids is 1. The molecule has 0 atom stereocenters. The van der Waals surface area contributed by atoms with Gasteiger partial charge < -0.3 is 15.4 Å². The molecule has 1 aliphatic carbocycles. The highest BCUT2D eigenvalue weighted by atomic mass is 16.5. The van der Waals surface area contributed by atoms with Crippen molar-refractivity contribution in [2.45, 2.75) is 58.0 Å². The van der Waals surface area contributed by atoms with Crippen LogP contribution in [0.15, 0.2) is 0 Å². The molecule has 0 bridgehead atoms. The highest BCUT2D eigenvalue weighted by molar-refractivity contribution is 5.76. The number of nitrogens with one attached hydrogen (secondary N) is 2. The van der Waals surface area contributed by atoms with E-state index in [0.29, 0.717) is 24.5 Å². The van der Waals surface area contributed by atoms with Crippen LogP contribution in [-0.2, 0) is 9.53 Å². The summed E-state index contributed by atoms with van der Waals surface area (Å²) < 4.78 is 5.75. The smallest absolute Gasteiger partial charge is 0.222 e. The minimum atomic E-state index is 0.147. The van der Waals surface area contributed by atoms with E-state index in [4.69, 9.17) is 4.74 Å². The SMILES string of the molecule is CCC1(CNC(=O)CCOC2CCNCC2)CCC1. The molecule has 1 heterocycles. The summed E-state index contributed by atoms with van der Waals surface area (Å²) in [5.74, 6) is 0.147. The molecule has 19 heavy (non-hydrogen) atoms. The first-order chi connectivity index (χ1) is 9.24. The van der Waals surface area contributed by atoms with E-state index in [1.54, 1.807) is 0 Å². The molecule has 0 spiro atoms. The van der Waals surface area contributed by atoms with Crippen molar-refractivity contribution in [3.8, 4) is 0 Å². The largest absolute Gasteiger partial charge is 0.378 e. The number of ether oxygens (including phenoxy) is 1. The maximum Gasteiger partial charge on any atom is 0.222 e. The molecule has 4 heteroatoms. The van der Waals surface area contributed by atoms with Crippen LogP contribution >= 0.6 is 0 Å². The molecule has 110 valence electrons. The van der Waals surface area contributed by atoms with Crippen molar-refractivity contribution in [3.63, 3.8) is 0 Å². The van der Waals surface area contributed by atoms with Crippen LogP contribution in [-0.4, -0.2) is 38.3 Å². The van der Waals surface area contributed by atoms with Gasteiger partial charge in [-0.05, 0) is 50.6 Å². The van der Waals surface area contributed by atoms with Gasteiger partial charge in [0, 0.05) is 13.0 Å². The average molecular weight is 268 g/mol. The molecule has 2 aliphatic rings. The third-order valence-electron chi connectivity index (χ3n) is 4.79. The zero-order valence-electron chi connectivity index (χ0n) is 12.2. The van der Waals surface area contributed by atoms with E-state index >= 15 is 0 Å². The fourth-order valence-electron chi connectivity index (χ4n) is 2.99. The van der Waals surface area contributed by atoms with Crippen LogP contribution < -0.4 is 10.6 Å². The second-order valence-electron chi connectivity index (χ2n) is 6.05. The highest BCUT2D eigenvalue weighted by Crippen LogP contribution is 2.42. The third-order valence-corrected chi connectivity index (χ3v) is 4.79. The Kier molecular flexibility index (Phi) is 5.64. The summed E-state index contributed by atoms with van der Waals surface area (Å²) >= 11 is 0. The van der Waals surface area contributed by atoms with Gasteiger partial charge in [0.25, 0.3) is 0 Å². The topological polar surface area (TPSA) is 50.4 Å². The Bertz CT molecular complexity index is 278. The molecule has 0 aromatic rings. The molecular formula is C15H28N2O2. The van der Waals surface area contributed by atoms with E-state index in [2.05, 4.69) is 17.6 Å². The quantitative estimate of drug-likeness (QED) is 0.741. The predicted octanol–water partition coefficient (Wildman–Crippen LogP) is 1.84. The van der Waals surface area contributed by atoms with Crippen molar-refractivity contribution in [2.24, 2.45) is 5.41 Å². The van der Waals surface area contributed by atoms with E-state index < -0.39 is 0 Å². The van der Waals surface area contributed by atoms with Crippen molar-refractivity contribution >= 4 is 5.91 Å². The normalized spacial score (nSPS) is 22.8. The summed E-state index contributed by atoms with van der Waals surface area (Å²) in [6, 6.07) is 0. The summed E-state index contributed by atoms with van der Waals surface area (Å²) in [6.07, 6.45) is 8.04. The molecule has 0 radical (unpaired) electrons. The van der Waals surface area contributed by atoms with Crippen LogP contribution in [0.2, 0.25) is 0 Å². The molecule has 1 saturated carbocycles. The van der Waals surface area contributed by atoms with E-state index in [1.165, 1.54) is 25.7 Å². The van der Waals surface area contributed by atoms with Crippen LogP contribution in [0.5, 0.6) is 0 Å². The summed E-state index contributed by atoms with van der Waals surface area (Å²) in [4.78, 5) is 11.8. The number of rotatable bonds is 7. The van der Waals surface area contributed by atoms with Crippen molar-refractivity contribution in [1.29, 1.82) is 0 Å². The summed E-state index contributed by atoms with van der Waals surface area (Å²) in [5, 5.41) is 6.39. The van der Waals surface area contributed by atoms with Gasteiger partial charge >= 0.3 is 0 Å². The number of hydrogen-bond acceptors (Lipinski definition) is 3. The second-order valence-corrected chi connectivity index (χ2v) is 6.05. The Morgan fingerprint density at radius 2 is 2.11 bits per heavy atom. The fraction of sp³-hybridized carbons (Fsp3) is 0.933. The minimum Gasteiger partial charge on any atom is -0.378 e. The van der Waals surface area contributed by atoms with Crippen molar-refractivity contribution in [2.75, 3.05) is 26.2 Å². The first-order valence-electron chi connectivity index (χ1n) is 7.83. The molecule has 4 nitrogen and oxygen atoms in total. The van der Waals surface area contributed by atoms with Gasteiger partial charge in [0.05, 0.1) is 12.7 Å². The van der Waals surface area contributed by atoms with E-state index in [1.807, 2.05) is 0 Å². The Balaban J connectivity index is 1.54. The van der Waals surface area contributed by atoms with Gasteiger partial charge in [-0.3, -0.25) is 4.79 Å². The Morgan fingerprint density at radius 3 is 2.68 bits per heavy atom. The van der Waals surface area contributed by atoms with Gasteiger partial charge in [-0.15, -0.1) is 0 Å². The predicted molar refractivity (Wildman–Crippen MR) is 76.0 cm³/mol. The molecule has 2 rings (SSSR count). The van der Waals surface area contributed by atoms with Gasteiger partial charge in [-0.25, -0.2) is 0 Å². The van der Waals surface area contributed by atoms with E-state index in [9.17, 15) is 4.79 Å². The molecule has 0 unspecified atom stereocenters. The molecule has 1 saturated heterocycles. The van der Waals surface area contributed by atoms with Gasteiger partial charge in [-0.1, -0.05) is 13.3 Å². The van der Waals surface area contributed by atoms with Crippen LogP contribution in [0.3, 0.4) is 0 Å². The lowest BCUT2D eigenvalue weighted by molar-refractivity contribution is -0.123. The standard InChI is InChI=1S/C15H28N2O2/c1-2-15(7-3-8-15)12-17-14(18)6-11-19-13-4-9-16-10-5-13/h13,16H,2-12H2,1H3,(H,17,18). The third kappa shape index (κ3) is 4.46. The maximum absolute atomic E-state index is 11.8. The lowest BCUT2D eigenvalue weighted by atomic mass is 9.67. The Labute approximate surface area is 116 Å². The van der Waals surface area contributed by atoms with Crippen LogP contribution in [0, 0.1) is 5.41 Å². The van der Waals surface area contributed by atoms with Crippen LogP contribution in [0.4, 0.5) is 0 Å². The summed E-state index contributed by atoms with van der Waals surface area (Å²) in [5.41, 5.74) is 0.408. The zero-order valence-corrected chi connectivity index (χ0v) is 12.2. The first-order valence-corrected chi connectivity index (χ1v) is 7.83. The number of piperidine rings is 1. The summed E-state index contributed by atoms with van der Waals surface area (Å²) in [7, 11) is 0. The number of amides is 1. The Hall–Kier alpha value is -0.610. The zero-order chi connectivity index (χ0) is 13.6. The fourth-order valence-corrected chi connectivity index (χ4v) is 2.99. The van der Waals surface area contributed by atoms with Crippen LogP contribution in [0.1, 0.15) is 51.9 Å². The molecular weight excluding hydrogens is 240 g/mol. The Morgan fingerprint density at radius 1 is 1.37 bits per heavy atom. The number of hydrogen-bond donors (Lipinski definition) is 2. The first kappa shape index (κ1) is 14.8. The molecule has 0 aromatic heterocycles. The van der Waals surface area contributed by atoms with Crippen molar-refractivity contribution in [1.82, 2.24) is 10.6 Å². The van der Waals surface area contributed by atoms with Crippen molar-refractivity contribution in [3.05, 3.63) is 0 Å². The highest BCUT2D eigenvalue weighted by Gasteiger charge is 2.35. The maximum atomic E-state index is 11.8. The average Bonchev–Trinajstić information content (AvgIpc) is 2.39. The number of carbonyl (C=O) groups is 1. The molecule has 1 amide bonds. The summed E-state index contributed by atoms with van der Waals surface area (Å²) in [6.45, 7) is 5.72.